The molecule has 4 nitrogen and oxygen atoms in total. The van der Waals surface area contributed by atoms with Gasteiger partial charge >= 0.3 is 5.97 Å². The summed E-state index contributed by atoms with van der Waals surface area (Å²) >= 11 is 5.86. The Bertz CT molecular complexity index is 511. The number of carboxylic acid groups (broad SMARTS) is 1. The molecule has 0 aromatic heterocycles. The lowest BCUT2D eigenvalue weighted by atomic mass is 10.1. The zero-order valence-electron chi connectivity index (χ0n) is 10.6. The number of carboxylic acids is 1. The Balaban J connectivity index is 2.09. The SMILES string of the molecule is Cc1ccc(Cl)cc1C(=O)NC(CC1CC1)C(=O)O. The lowest BCUT2D eigenvalue weighted by Gasteiger charge is -2.15. The van der Waals surface area contributed by atoms with E-state index < -0.39 is 12.0 Å². The maximum Gasteiger partial charge on any atom is 0.326 e. The lowest BCUT2D eigenvalue weighted by molar-refractivity contribution is -0.139. The van der Waals surface area contributed by atoms with Crippen molar-refractivity contribution in [2.24, 2.45) is 5.92 Å². The van der Waals surface area contributed by atoms with Crippen LogP contribution in [0.4, 0.5) is 0 Å². The molecule has 1 saturated carbocycles. The Morgan fingerprint density at radius 2 is 2.16 bits per heavy atom. The largest absolute Gasteiger partial charge is 0.480 e. The molecule has 2 rings (SSSR count). The third kappa shape index (κ3) is 3.70. The average Bonchev–Trinajstić information content (AvgIpc) is 3.15. The Kier molecular flexibility index (Phi) is 4.10. The summed E-state index contributed by atoms with van der Waals surface area (Å²) in [6.45, 7) is 1.79. The zero-order chi connectivity index (χ0) is 14.0. The van der Waals surface area contributed by atoms with Gasteiger partial charge in [-0.1, -0.05) is 30.5 Å². The molecule has 0 bridgehead atoms. The van der Waals surface area contributed by atoms with E-state index in [-0.39, 0.29) is 5.91 Å². The fourth-order valence-corrected chi connectivity index (χ4v) is 2.16. The summed E-state index contributed by atoms with van der Waals surface area (Å²) in [4.78, 5) is 23.2. The van der Waals surface area contributed by atoms with Crippen LogP contribution in [0, 0.1) is 12.8 Å². The van der Waals surface area contributed by atoms with Crippen LogP contribution in [0.15, 0.2) is 18.2 Å². The Hall–Kier alpha value is -1.55. The van der Waals surface area contributed by atoms with Crippen molar-refractivity contribution in [3.05, 3.63) is 34.3 Å². The first-order valence-electron chi connectivity index (χ1n) is 6.27. The first kappa shape index (κ1) is 13.9. The second-order valence-corrected chi connectivity index (χ2v) is 5.44. The van der Waals surface area contributed by atoms with E-state index >= 15 is 0 Å². The molecule has 0 aliphatic heterocycles. The molecule has 1 aliphatic rings. The van der Waals surface area contributed by atoms with Crippen molar-refractivity contribution in [2.75, 3.05) is 0 Å². The highest BCUT2D eigenvalue weighted by Crippen LogP contribution is 2.33. The third-order valence-electron chi connectivity index (χ3n) is 3.31. The van der Waals surface area contributed by atoms with E-state index in [2.05, 4.69) is 5.32 Å². The number of carbonyl (C=O) groups excluding carboxylic acids is 1. The molecular weight excluding hydrogens is 266 g/mol. The molecule has 1 aromatic carbocycles. The lowest BCUT2D eigenvalue weighted by Crippen LogP contribution is -2.41. The summed E-state index contributed by atoms with van der Waals surface area (Å²) in [5, 5.41) is 12.2. The van der Waals surface area contributed by atoms with Gasteiger partial charge in [0.1, 0.15) is 6.04 Å². The number of aliphatic carboxylic acids is 1. The summed E-state index contributed by atoms with van der Waals surface area (Å²) in [5.41, 5.74) is 1.20. The van der Waals surface area contributed by atoms with Crippen LogP contribution in [0.3, 0.4) is 0 Å². The van der Waals surface area contributed by atoms with Crippen molar-refractivity contribution in [1.82, 2.24) is 5.32 Å². The van der Waals surface area contributed by atoms with Crippen LogP contribution in [0.25, 0.3) is 0 Å². The van der Waals surface area contributed by atoms with Crippen molar-refractivity contribution in [1.29, 1.82) is 0 Å². The van der Waals surface area contributed by atoms with Crippen LogP contribution >= 0.6 is 11.6 Å². The molecule has 19 heavy (non-hydrogen) atoms. The zero-order valence-corrected chi connectivity index (χ0v) is 11.4. The monoisotopic (exact) mass is 281 g/mol. The molecule has 102 valence electrons. The summed E-state index contributed by atoms with van der Waals surface area (Å²) < 4.78 is 0. The maximum absolute atomic E-state index is 12.1. The maximum atomic E-state index is 12.1. The third-order valence-corrected chi connectivity index (χ3v) is 3.55. The van der Waals surface area contributed by atoms with Gasteiger partial charge < -0.3 is 10.4 Å². The van der Waals surface area contributed by atoms with Gasteiger partial charge in [0, 0.05) is 10.6 Å². The highest BCUT2D eigenvalue weighted by Gasteiger charge is 2.30. The van der Waals surface area contributed by atoms with E-state index in [4.69, 9.17) is 16.7 Å². The van der Waals surface area contributed by atoms with Crippen LogP contribution in [0.5, 0.6) is 0 Å². The summed E-state index contributed by atoms with van der Waals surface area (Å²) in [7, 11) is 0. The van der Waals surface area contributed by atoms with Gasteiger partial charge in [-0.05, 0) is 37.0 Å². The Morgan fingerprint density at radius 3 is 2.74 bits per heavy atom. The summed E-state index contributed by atoms with van der Waals surface area (Å²) in [6, 6.07) is 4.18. The normalized spacial score (nSPS) is 15.9. The number of nitrogens with one attached hydrogen (secondary N) is 1. The molecule has 5 heteroatoms. The van der Waals surface area contributed by atoms with Gasteiger partial charge in [0.15, 0.2) is 0 Å². The van der Waals surface area contributed by atoms with Gasteiger partial charge in [-0.2, -0.15) is 0 Å². The molecule has 2 N–H and O–H groups in total. The molecule has 1 aliphatic carbocycles. The van der Waals surface area contributed by atoms with E-state index in [0.717, 1.165) is 18.4 Å². The molecule has 1 amide bonds. The Morgan fingerprint density at radius 1 is 1.47 bits per heavy atom. The first-order valence-corrected chi connectivity index (χ1v) is 6.65. The van der Waals surface area contributed by atoms with Crippen molar-refractivity contribution in [3.63, 3.8) is 0 Å². The van der Waals surface area contributed by atoms with E-state index in [1.54, 1.807) is 25.1 Å². The summed E-state index contributed by atoms with van der Waals surface area (Å²) in [6.07, 6.45) is 2.60. The fourth-order valence-electron chi connectivity index (χ4n) is 1.98. The molecule has 1 aromatic rings. The van der Waals surface area contributed by atoms with Gasteiger partial charge in [0.05, 0.1) is 0 Å². The molecule has 1 fully saturated rings. The van der Waals surface area contributed by atoms with Crippen molar-refractivity contribution in [3.8, 4) is 0 Å². The number of halogens is 1. The van der Waals surface area contributed by atoms with Gasteiger partial charge in [0.25, 0.3) is 5.91 Å². The molecule has 0 saturated heterocycles. The van der Waals surface area contributed by atoms with Crippen molar-refractivity contribution < 1.29 is 14.7 Å². The standard InChI is InChI=1S/C14H16ClNO3/c1-8-2-5-10(15)7-11(8)13(17)16-12(14(18)19)6-9-3-4-9/h2,5,7,9,12H,3-4,6H2,1H3,(H,16,17)(H,18,19). The molecule has 0 spiro atoms. The number of hydrogen-bond donors (Lipinski definition) is 2. The highest BCUT2D eigenvalue weighted by atomic mass is 35.5. The number of benzene rings is 1. The van der Waals surface area contributed by atoms with E-state index in [1.807, 2.05) is 0 Å². The minimum Gasteiger partial charge on any atom is -0.480 e. The highest BCUT2D eigenvalue weighted by molar-refractivity contribution is 6.31. The molecular formula is C14H16ClNO3. The van der Waals surface area contributed by atoms with Gasteiger partial charge in [-0.15, -0.1) is 0 Å². The molecule has 1 atom stereocenters. The number of carbonyl (C=O) groups is 2. The Labute approximate surface area is 116 Å². The van der Waals surface area contributed by atoms with Crippen LogP contribution in [0.2, 0.25) is 5.02 Å². The van der Waals surface area contributed by atoms with Crippen LogP contribution in [-0.2, 0) is 4.79 Å². The molecule has 1 unspecified atom stereocenters. The van der Waals surface area contributed by atoms with E-state index in [0.29, 0.717) is 22.9 Å². The number of aryl methyl sites for hydroxylation is 1. The van der Waals surface area contributed by atoms with Crippen LogP contribution in [0.1, 0.15) is 35.2 Å². The number of rotatable bonds is 5. The predicted octanol–water partition coefficient (Wildman–Crippen LogP) is 2.63. The fraction of sp³-hybridized carbons (Fsp3) is 0.429. The second-order valence-electron chi connectivity index (χ2n) is 5.00. The van der Waals surface area contributed by atoms with Crippen LogP contribution in [-0.4, -0.2) is 23.0 Å². The quantitative estimate of drug-likeness (QED) is 0.872. The predicted molar refractivity (Wildman–Crippen MR) is 72.4 cm³/mol. The van der Waals surface area contributed by atoms with E-state index in [1.165, 1.54) is 0 Å². The number of amides is 1. The van der Waals surface area contributed by atoms with Gasteiger partial charge in [-0.25, -0.2) is 4.79 Å². The smallest absolute Gasteiger partial charge is 0.326 e. The summed E-state index contributed by atoms with van der Waals surface area (Å²) in [5.74, 6) is -0.935. The van der Waals surface area contributed by atoms with Crippen molar-refractivity contribution >= 4 is 23.5 Å². The minimum absolute atomic E-state index is 0.381. The molecule has 0 radical (unpaired) electrons. The van der Waals surface area contributed by atoms with Crippen molar-refractivity contribution in [2.45, 2.75) is 32.2 Å². The first-order chi connectivity index (χ1) is 8.97. The van der Waals surface area contributed by atoms with Gasteiger partial charge in [-0.3, -0.25) is 4.79 Å². The average molecular weight is 282 g/mol. The van der Waals surface area contributed by atoms with Gasteiger partial charge in [0.2, 0.25) is 0 Å². The number of hydrogen-bond acceptors (Lipinski definition) is 2. The van der Waals surface area contributed by atoms with E-state index in [9.17, 15) is 9.59 Å². The van der Waals surface area contributed by atoms with Crippen LogP contribution < -0.4 is 5.32 Å². The molecule has 0 heterocycles. The topological polar surface area (TPSA) is 66.4 Å². The minimum atomic E-state index is -0.986. The second kappa shape index (κ2) is 5.61.